The molecule has 0 bridgehead atoms. The molecule has 1 saturated carbocycles. The van der Waals surface area contributed by atoms with Crippen LogP contribution in [0.1, 0.15) is 39.2 Å². The number of anilines is 1. The molecule has 1 aliphatic carbocycles. The molecule has 1 fully saturated rings. The lowest BCUT2D eigenvalue weighted by Crippen LogP contribution is -2.36. The number of halogens is 3. The number of alkyl halides is 3. The number of rotatable bonds is 5. The van der Waals surface area contributed by atoms with Gasteiger partial charge in [0, 0.05) is 23.8 Å². The van der Waals surface area contributed by atoms with Gasteiger partial charge in [-0.25, -0.2) is 0 Å². The van der Waals surface area contributed by atoms with Crippen molar-refractivity contribution in [1.82, 2.24) is 5.32 Å². The zero-order valence-electron chi connectivity index (χ0n) is 12.8. The van der Waals surface area contributed by atoms with E-state index in [4.69, 9.17) is 0 Å². The summed E-state index contributed by atoms with van der Waals surface area (Å²) in [4.78, 5) is 1.47. The van der Waals surface area contributed by atoms with Gasteiger partial charge in [0.2, 0.25) is 0 Å². The predicted octanol–water partition coefficient (Wildman–Crippen LogP) is 4.11. The maximum atomic E-state index is 12.7. The van der Waals surface area contributed by atoms with Gasteiger partial charge in [0.05, 0.1) is 0 Å². The molecule has 0 aliphatic heterocycles. The molecule has 118 valence electrons. The van der Waals surface area contributed by atoms with Crippen molar-refractivity contribution in [3.05, 3.63) is 29.8 Å². The van der Waals surface area contributed by atoms with E-state index in [0.29, 0.717) is 12.2 Å². The van der Waals surface area contributed by atoms with E-state index in [1.54, 1.807) is 12.1 Å². The van der Waals surface area contributed by atoms with Crippen LogP contribution in [0, 0.1) is 0 Å². The van der Waals surface area contributed by atoms with E-state index in [1.807, 2.05) is 12.1 Å². The predicted molar refractivity (Wildman–Crippen MR) is 79.5 cm³/mol. The van der Waals surface area contributed by atoms with Crippen molar-refractivity contribution in [3.8, 4) is 0 Å². The number of nitrogens with one attached hydrogen (secondary N) is 1. The molecule has 0 saturated heterocycles. The Morgan fingerprint density at radius 3 is 2.10 bits per heavy atom. The minimum Gasteiger partial charge on any atom is -0.360 e. The molecule has 0 radical (unpaired) electrons. The van der Waals surface area contributed by atoms with Crippen LogP contribution in [-0.4, -0.2) is 24.3 Å². The first-order valence-electron chi connectivity index (χ1n) is 7.31. The van der Waals surface area contributed by atoms with Crippen molar-refractivity contribution < 1.29 is 13.2 Å². The summed E-state index contributed by atoms with van der Waals surface area (Å²) < 4.78 is 38.0. The Balaban J connectivity index is 2.02. The van der Waals surface area contributed by atoms with Crippen LogP contribution >= 0.6 is 0 Å². The van der Waals surface area contributed by atoms with E-state index < -0.39 is 12.7 Å². The van der Waals surface area contributed by atoms with Gasteiger partial charge in [0.15, 0.2) is 0 Å². The van der Waals surface area contributed by atoms with Crippen molar-refractivity contribution in [1.29, 1.82) is 0 Å². The molecule has 1 aromatic rings. The van der Waals surface area contributed by atoms with Crippen LogP contribution in [-0.2, 0) is 6.54 Å². The lowest BCUT2D eigenvalue weighted by molar-refractivity contribution is -0.120. The largest absolute Gasteiger partial charge is 0.405 e. The van der Waals surface area contributed by atoms with Crippen molar-refractivity contribution in [2.24, 2.45) is 0 Å². The second-order valence-electron chi connectivity index (χ2n) is 6.74. The van der Waals surface area contributed by atoms with E-state index >= 15 is 0 Å². The summed E-state index contributed by atoms with van der Waals surface area (Å²) in [6.45, 7) is 6.10. The average molecular weight is 300 g/mol. The molecule has 1 aromatic carbocycles. The Labute approximate surface area is 124 Å². The Kier molecular flexibility index (Phi) is 4.51. The highest BCUT2D eigenvalue weighted by molar-refractivity contribution is 5.50. The Morgan fingerprint density at radius 2 is 1.67 bits per heavy atom. The summed E-state index contributed by atoms with van der Waals surface area (Å²) in [5, 5.41) is 3.37. The number of hydrogen-bond acceptors (Lipinski definition) is 2. The molecule has 2 nitrogen and oxygen atoms in total. The second kappa shape index (κ2) is 5.87. The zero-order chi connectivity index (χ0) is 15.7. The van der Waals surface area contributed by atoms with Crippen LogP contribution in [0.25, 0.3) is 0 Å². The number of nitrogens with zero attached hydrogens (tertiary/aromatic N) is 1. The first kappa shape index (κ1) is 16.1. The Hall–Kier alpha value is -1.23. The summed E-state index contributed by atoms with van der Waals surface area (Å²) in [7, 11) is 0. The topological polar surface area (TPSA) is 15.3 Å². The quantitative estimate of drug-likeness (QED) is 0.880. The maximum absolute atomic E-state index is 12.7. The van der Waals surface area contributed by atoms with Crippen LogP contribution in [0.2, 0.25) is 0 Å². The third-order valence-corrected chi connectivity index (χ3v) is 3.43. The van der Waals surface area contributed by atoms with Gasteiger partial charge in [-0.3, -0.25) is 0 Å². The smallest absolute Gasteiger partial charge is 0.360 e. The highest BCUT2D eigenvalue weighted by Crippen LogP contribution is 2.34. The lowest BCUT2D eigenvalue weighted by atomic mass is 10.1. The molecule has 5 heteroatoms. The van der Waals surface area contributed by atoms with Crippen molar-refractivity contribution in [2.45, 2.75) is 57.9 Å². The van der Waals surface area contributed by atoms with Gasteiger partial charge in [-0.2, -0.15) is 13.2 Å². The Bertz CT molecular complexity index is 456. The van der Waals surface area contributed by atoms with E-state index in [9.17, 15) is 13.2 Å². The van der Waals surface area contributed by atoms with Crippen LogP contribution in [0.5, 0.6) is 0 Å². The van der Waals surface area contributed by atoms with E-state index in [0.717, 1.165) is 18.4 Å². The van der Waals surface area contributed by atoms with E-state index in [2.05, 4.69) is 26.1 Å². The third-order valence-electron chi connectivity index (χ3n) is 3.43. The van der Waals surface area contributed by atoms with Crippen molar-refractivity contribution in [2.75, 3.05) is 11.4 Å². The van der Waals surface area contributed by atoms with Gasteiger partial charge >= 0.3 is 6.18 Å². The molecule has 1 aliphatic rings. The summed E-state index contributed by atoms with van der Waals surface area (Å²) in [6.07, 6.45) is -2.46. The van der Waals surface area contributed by atoms with E-state index in [-0.39, 0.29) is 11.6 Å². The molecular formula is C16H23F3N2. The van der Waals surface area contributed by atoms with Gasteiger partial charge in [-0.05, 0) is 51.3 Å². The zero-order valence-corrected chi connectivity index (χ0v) is 12.8. The number of benzene rings is 1. The fourth-order valence-corrected chi connectivity index (χ4v) is 2.18. The highest BCUT2D eigenvalue weighted by atomic mass is 19.4. The minimum absolute atomic E-state index is 0.0228. The molecular weight excluding hydrogens is 277 g/mol. The van der Waals surface area contributed by atoms with Gasteiger partial charge in [-0.1, -0.05) is 12.1 Å². The highest BCUT2D eigenvalue weighted by Gasteiger charge is 2.38. The molecule has 0 spiro atoms. The fraction of sp³-hybridized carbons (Fsp3) is 0.625. The van der Waals surface area contributed by atoms with Gasteiger partial charge in [0.1, 0.15) is 6.54 Å². The molecule has 2 rings (SSSR count). The van der Waals surface area contributed by atoms with Crippen molar-refractivity contribution in [3.63, 3.8) is 0 Å². The molecule has 21 heavy (non-hydrogen) atoms. The lowest BCUT2D eigenvalue weighted by Gasteiger charge is -2.26. The molecule has 0 heterocycles. The monoisotopic (exact) mass is 300 g/mol. The van der Waals surface area contributed by atoms with E-state index in [1.165, 1.54) is 4.90 Å². The molecule has 0 aromatic heterocycles. The molecule has 0 amide bonds. The van der Waals surface area contributed by atoms with Gasteiger partial charge < -0.3 is 10.2 Å². The van der Waals surface area contributed by atoms with Crippen LogP contribution < -0.4 is 10.2 Å². The summed E-state index contributed by atoms with van der Waals surface area (Å²) in [6, 6.07) is 7.44. The van der Waals surface area contributed by atoms with Gasteiger partial charge in [0.25, 0.3) is 0 Å². The standard InChI is InChI=1S/C16H23F3N2/c1-15(2,3)20-10-12-4-6-13(7-5-12)21(14-8-9-14)11-16(17,18)19/h4-7,14,20H,8-11H2,1-3H3. The normalized spacial score (nSPS) is 16.1. The molecule has 0 unspecified atom stereocenters. The fourth-order valence-electron chi connectivity index (χ4n) is 2.18. The summed E-state index contributed by atoms with van der Waals surface area (Å²) in [5.41, 5.74) is 1.76. The minimum atomic E-state index is -4.16. The third kappa shape index (κ3) is 5.58. The first-order chi connectivity index (χ1) is 9.64. The van der Waals surface area contributed by atoms with Crippen molar-refractivity contribution >= 4 is 5.69 Å². The SMILES string of the molecule is CC(C)(C)NCc1ccc(N(CC(F)(F)F)C2CC2)cc1. The van der Waals surface area contributed by atoms with Crippen LogP contribution in [0.4, 0.5) is 18.9 Å². The first-order valence-corrected chi connectivity index (χ1v) is 7.31. The summed E-state index contributed by atoms with van der Waals surface area (Å²) >= 11 is 0. The maximum Gasteiger partial charge on any atom is 0.405 e. The summed E-state index contributed by atoms with van der Waals surface area (Å²) in [5.74, 6) is 0. The molecule has 1 N–H and O–H groups in total. The second-order valence-corrected chi connectivity index (χ2v) is 6.74. The molecule has 0 atom stereocenters. The number of hydrogen-bond donors (Lipinski definition) is 1. The van der Waals surface area contributed by atoms with Crippen LogP contribution in [0.3, 0.4) is 0 Å². The average Bonchev–Trinajstić information content (AvgIpc) is 3.16. The Morgan fingerprint density at radius 1 is 1.10 bits per heavy atom. The van der Waals surface area contributed by atoms with Crippen LogP contribution in [0.15, 0.2) is 24.3 Å². The van der Waals surface area contributed by atoms with Gasteiger partial charge in [-0.15, -0.1) is 0 Å².